The van der Waals surface area contributed by atoms with Gasteiger partial charge in [0.05, 0.1) is 0 Å². The number of methoxy groups -OCH3 is 1. The molecule has 1 aliphatic carbocycles. The normalized spacial score (nSPS) is 22.4. The summed E-state index contributed by atoms with van der Waals surface area (Å²) in [5, 5.41) is 6.14. The summed E-state index contributed by atoms with van der Waals surface area (Å²) in [6, 6.07) is 5.17. The van der Waals surface area contributed by atoms with E-state index in [0.29, 0.717) is 31.5 Å². The second-order valence-electron chi connectivity index (χ2n) is 8.07. The van der Waals surface area contributed by atoms with Crippen molar-refractivity contribution < 1.29 is 23.5 Å². The highest BCUT2D eigenvalue weighted by Gasteiger charge is 2.32. The Balaban J connectivity index is 1.52. The molecule has 2 N–H and O–H groups in total. The third-order valence-corrected chi connectivity index (χ3v) is 6.00. The third kappa shape index (κ3) is 5.78. The number of likely N-dealkylation sites (tertiary alicyclic amines) is 1. The van der Waals surface area contributed by atoms with E-state index >= 15 is 0 Å². The first-order chi connectivity index (χ1) is 14.5. The highest BCUT2D eigenvalue weighted by molar-refractivity contribution is 5.94. The molecule has 2 aliphatic rings. The van der Waals surface area contributed by atoms with Gasteiger partial charge in [-0.1, -0.05) is 12.8 Å². The standard InChI is InChI=1S/C22H30FN3O4/c1-30-14-20(27)26-12-10-16(11-13-26)22(29)25-19-5-3-2-4-18(19)24-21(28)15-6-8-17(23)9-7-15/h6-9,16,18-19H,2-5,10-14H2,1H3,(H,24,28)(H,25,29)/t18-,19?/m1/s1. The molecule has 1 saturated heterocycles. The monoisotopic (exact) mass is 419 g/mol. The molecule has 3 amide bonds. The number of nitrogens with zero attached hydrogens (tertiary/aromatic N) is 1. The molecule has 2 atom stereocenters. The average molecular weight is 419 g/mol. The fourth-order valence-electron chi connectivity index (χ4n) is 4.24. The van der Waals surface area contributed by atoms with E-state index in [0.717, 1.165) is 25.7 Å². The lowest BCUT2D eigenvalue weighted by Gasteiger charge is -2.36. The number of carbonyl (C=O) groups excluding carboxylic acids is 3. The molecule has 0 aromatic heterocycles. The number of ether oxygens (including phenoxy) is 1. The van der Waals surface area contributed by atoms with Crippen LogP contribution in [0.25, 0.3) is 0 Å². The molecule has 1 saturated carbocycles. The highest BCUT2D eigenvalue weighted by atomic mass is 19.1. The number of rotatable bonds is 6. The number of amides is 3. The molecule has 3 rings (SSSR count). The van der Waals surface area contributed by atoms with Crippen LogP contribution < -0.4 is 10.6 Å². The molecule has 1 aromatic carbocycles. The van der Waals surface area contributed by atoms with Crippen molar-refractivity contribution in [3.05, 3.63) is 35.6 Å². The molecule has 30 heavy (non-hydrogen) atoms. The second kappa shape index (κ2) is 10.5. The summed E-state index contributed by atoms with van der Waals surface area (Å²) in [6.07, 6.45) is 4.84. The summed E-state index contributed by atoms with van der Waals surface area (Å²) >= 11 is 0. The van der Waals surface area contributed by atoms with Crippen LogP contribution in [-0.2, 0) is 14.3 Å². The topological polar surface area (TPSA) is 87.7 Å². The van der Waals surface area contributed by atoms with Gasteiger partial charge in [-0.3, -0.25) is 14.4 Å². The zero-order chi connectivity index (χ0) is 21.5. The zero-order valence-electron chi connectivity index (χ0n) is 17.4. The van der Waals surface area contributed by atoms with E-state index in [9.17, 15) is 18.8 Å². The van der Waals surface area contributed by atoms with Gasteiger partial charge in [0.25, 0.3) is 5.91 Å². The van der Waals surface area contributed by atoms with E-state index in [1.54, 1.807) is 4.90 Å². The molecule has 0 bridgehead atoms. The predicted octanol–water partition coefficient (Wildman–Crippen LogP) is 1.87. The van der Waals surface area contributed by atoms with Gasteiger partial charge >= 0.3 is 0 Å². The summed E-state index contributed by atoms with van der Waals surface area (Å²) in [4.78, 5) is 39.0. The highest BCUT2D eigenvalue weighted by Crippen LogP contribution is 2.22. The fraction of sp³-hybridized carbons (Fsp3) is 0.591. The van der Waals surface area contributed by atoms with E-state index in [1.165, 1.54) is 31.4 Å². The van der Waals surface area contributed by atoms with Gasteiger partial charge in [0.1, 0.15) is 12.4 Å². The number of benzene rings is 1. The molecule has 0 radical (unpaired) electrons. The van der Waals surface area contributed by atoms with Gasteiger partial charge in [-0.25, -0.2) is 4.39 Å². The molecule has 1 aromatic rings. The Hall–Kier alpha value is -2.48. The number of carbonyl (C=O) groups is 3. The first-order valence-corrected chi connectivity index (χ1v) is 10.6. The fourth-order valence-corrected chi connectivity index (χ4v) is 4.24. The lowest BCUT2D eigenvalue weighted by molar-refractivity contribution is -0.139. The smallest absolute Gasteiger partial charge is 0.251 e. The largest absolute Gasteiger partial charge is 0.375 e. The molecule has 2 fully saturated rings. The van der Waals surface area contributed by atoms with Crippen LogP contribution in [0.4, 0.5) is 4.39 Å². The van der Waals surface area contributed by atoms with E-state index in [2.05, 4.69) is 10.6 Å². The first kappa shape index (κ1) is 22.2. The van der Waals surface area contributed by atoms with Crippen LogP contribution in [0.5, 0.6) is 0 Å². The van der Waals surface area contributed by atoms with Crippen LogP contribution in [0.1, 0.15) is 48.9 Å². The number of nitrogens with one attached hydrogen (secondary N) is 2. The zero-order valence-corrected chi connectivity index (χ0v) is 17.4. The van der Waals surface area contributed by atoms with Crippen LogP contribution in [0.2, 0.25) is 0 Å². The van der Waals surface area contributed by atoms with E-state index in [4.69, 9.17) is 4.74 Å². The van der Waals surface area contributed by atoms with Gasteiger partial charge in [0.15, 0.2) is 0 Å². The minimum atomic E-state index is -0.385. The van der Waals surface area contributed by atoms with E-state index in [1.807, 2.05) is 0 Å². The summed E-state index contributed by atoms with van der Waals surface area (Å²) in [7, 11) is 1.49. The lowest BCUT2D eigenvalue weighted by Crippen LogP contribution is -2.55. The van der Waals surface area contributed by atoms with Gasteiger partial charge in [-0.15, -0.1) is 0 Å². The van der Waals surface area contributed by atoms with Crippen LogP contribution >= 0.6 is 0 Å². The van der Waals surface area contributed by atoms with Crippen molar-refractivity contribution in [2.24, 2.45) is 5.92 Å². The summed E-state index contributed by atoms with van der Waals surface area (Å²) in [5.41, 5.74) is 0.403. The molecule has 1 aliphatic heterocycles. The Morgan fingerprint density at radius 2 is 1.60 bits per heavy atom. The van der Waals surface area contributed by atoms with E-state index in [-0.39, 0.29) is 48.1 Å². The molecule has 7 nitrogen and oxygen atoms in total. The van der Waals surface area contributed by atoms with Crippen molar-refractivity contribution in [3.8, 4) is 0 Å². The molecular weight excluding hydrogens is 389 g/mol. The van der Waals surface area contributed by atoms with Gasteiger partial charge in [-0.2, -0.15) is 0 Å². The molecule has 1 heterocycles. The predicted molar refractivity (Wildman–Crippen MR) is 109 cm³/mol. The lowest BCUT2D eigenvalue weighted by atomic mass is 9.88. The van der Waals surface area contributed by atoms with Crippen molar-refractivity contribution >= 4 is 17.7 Å². The van der Waals surface area contributed by atoms with Crippen molar-refractivity contribution in [2.75, 3.05) is 26.8 Å². The Bertz CT molecular complexity index is 747. The average Bonchev–Trinajstić information content (AvgIpc) is 2.75. The van der Waals surface area contributed by atoms with E-state index < -0.39 is 0 Å². The minimum Gasteiger partial charge on any atom is -0.375 e. The molecule has 164 valence electrons. The van der Waals surface area contributed by atoms with Crippen LogP contribution in [0.3, 0.4) is 0 Å². The number of piperidine rings is 1. The molecule has 1 unspecified atom stereocenters. The van der Waals surface area contributed by atoms with Crippen LogP contribution in [0, 0.1) is 11.7 Å². The summed E-state index contributed by atoms with van der Waals surface area (Å²) in [6.45, 7) is 1.17. The maximum atomic E-state index is 13.1. The van der Waals surface area contributed by atoms with Crippen molar-refractivity contribution in [2.45, 2.75) is 50.6 Å². The molecular formula is C22H30FN3O4. The van der Waals surface area contributed by atoms with Gasteiger partial charge in [0.2, 0.25) is 11.8 Å². The van der Waals surface area contributed by atoms with Crippen molar-refractivity contribution in [1.29, 1.82) is 0 Å². The van der Waals surface area contributed by atoms with Crippen LogP contribution in [-0.4, -0.2) is 61.5 Å². The Kier molecular flexibility index (Phi) is 7.79. The SMILES string of the molecule is COCC(=O)N1CCC(C(=O)NC2CCCC[C@H]2NC(=O)c2ccc(F)cc2)CC1. The third-order valence-electron chi connectivity index (χ3n) is 6.00. The van der Waals surface area contributed by atoms with Crippen LogP contribution in [0.15, 0.2) is 24.3 Å². The van der Waals surface area contributed by atoms with Crippen molar-refractivity contribution in [3.63, 3.8) is 0 Å². The van der Waals surface area contributed by atoms with Gasteiger partial charge < -0.3 is 20.3 Å². The second-order valence-corrected chi connectivity index (χ2v) is 8.07. The van der Waals surface area contributed by atoms with Crippen molar-refractivity contribution in [1.82, 2.24) is 15.5 Å². The number of hydrogen-bond donors (Lipinski definition) is 2. The quantitative estimate of drug-likeness (QED) is 0.737. The molecule has 0 spiro atoms. The number of hydrogen-bond acceptors (Lipinski definition) is 4. The first-order valence-electron chi connectivity index (χ1n) is 10.6. The Labute approximate surface area is 176 Å². The Morgan fingerprint density at radius 3 is 2.20 bits per heavy atom. The number of halogens is 1. The summed E-state index contributed by atoms with van der Waals surface area (Å²) in [5.74, 6) is -0.837. The molecule has 8 heteroatoms. The van der Waals surface area contributed by atoms with Gasteiger partial charge in [-0.05, 0) is 49.9 Å². The maximum absolute atomic E-state index is 13.1. The Morgan fingerprint density at radius 1 is 1.00 bits per heavy atom. The minimum absolute atomic E-state index is 0.0122. The maximum Gasteiger partial charge on any atom is 0.251 e. The summed E-state index contributed by atoms with van der Waals surface area (Å²) < 4.78 is 18.0. The van der Waals surface area contributed by atoms with Gasteiger partial charge in [0, 0.05) is 43.8 Å².